The van der Waals surface area contributed by atoms with Crippen LogP contribution < -0.4 is 4.74 Å². The van der Waals surface area contributed by atoms with Crippen LogP contribution in [0.1, 0.15) is 22.8 Å². The van der Waals surface area contributed by atoms with Gasteiger partial charge in [0, 0.05) is 27.9 Å². The first-order chi connectivity index (χ1) is 10.0. The second-order valence-corrected chi connectivity index (χ2v) is 6.39. The van der Waals surface area contributed by atoms with Crippen molar-refractivity contribution in [3.05, 3.63) is 62.3 Å². The highest BCUT2D eigenvalue weighted by molar-refractivity contribution is 9.10. The zero-order valence-electron chi connectivity index (χ0n) is 11.1. The van der Waals surface area contributed by atoms with Gasteiger partial charge in [0.1, 0.15) is 11.6 Å². The molecule has 0 fully saturated rings. The Labute approximate surface area is 135 Å². The van der Waals surface area contributed by atoms with Crippen LogP contribution in [0.5, 0.6) is 5.75 Å². The molecule has 0 spiro atoms. The van der Waals surface area contributed by atoms with Crippen molar-refractivity contribution in [2.75, 3.05) is 6.61 Å². The number of benzene rings is 2. The number of rotatable bonds is 3. The van der Waals surface area contributed by atoms with Crippen LogP contribution in [0, 0.1) is 5.82 Å². The summed E-state index contributed by atoms with van der Waals surface area (Å²) in [6, 6.07) is 8.22. The minimum Gasteiger partial charge on any atom is -0.493 e. The molecule has 1 N–H and O–H groups in total. The molecule has 1 heterocycles. The van der Waals surface area contributed by atoms with Crippen LogP contribution in [0.15, 0.2) is 34.8 Å². The Morgan fingerprint density at radius 1 is 1.33 bits per heavy atom. The monoisotopic (exact) mass is 370 g/mol. The average molecular weight is 372 g/mol. The number of aliphatic hydroxyl groups is 1. The second-order valence-electron chi connectivity index (χ2n) is 5.04. The Morgan fingerprint density at radius 3 is 2.90 bits per heavy atom. The largest absolute Gasteiger partial charge is 0.493 e. The molecule has 0 bridgehead atoms. The number of hydrogen-bond donors (Lipinski definition) is 1. The summed E-state index contributed by atoms with van der Waals surface area (Å²) in [5.41, 5.74) is 2.23. The van der Waals surface area contributed by atoms with Gasteiger partial charge in [-0.1, -0.05) is 33.6 Å². The predicted molar refractivity (Wildman–Crippen MR) is 83.4 cm³/mol. The first-order valence-electron chi connectivity index (χ1n) is 6.61. The van der Waals surface area contributed by atoms with E-state index in [9.17, 15) is 9.50 Å². The highest BCUT2D eigenvalue weighted by atomic mass is 79.9. The fraction of sp³-hybridized carbons (Fsp3) is 0.250. The second kappa shape index (κ2) is 5.95. The van der Waals surface area contributed by atoms with Crippen molar-refractivity contribution in [2.45, 2.75) is 18.9 Å². The molecule has 0 amide bonds. The van der Waals surface area contributed by atoms with E-state index in [0.717, 1.165) is 27.8 Å². The molecule has 3 rings (SSSR count). The van der Waals surface area contributed by atoms with Crippen molar-refractivity contribution in [1.29, 1.82) is 0 Å². The van der Waals surface area contributed by atoms with Crippen molar-refractivity contribution >= 4 is 27.5 Å². The SMILES string of the molecule is OC(Cc1cc(Br)cc2c1OCC2)c1ccc(Cl)cc1F. The van der Waals surface area contributed by atoms with Crippen molar-refractivity contribution in [2.24, 2.45) is 0 Å². The Morgan fingerprint density at radius 2 is 2.14 bits per heavy atom. The van der Waals surface area contributed by atoms with Gasteiger partial charge in [0.2, 0.25) is 0 Å². The summed E-state index contributed by atoms with van der Waals surface area (Å²) in [5, 5.41) is 10.6. The zero-order chi connectivity index (χ0) is 15.0. The van der Waals surface area contributed by atoms with E-state index in [2.05, 4.69) is 15.9 Å². The summed E-state index contributed by atoms with van der Waals surface area (Å²) in [6.45, 7) is 0.643. The van der Waals surface area contributed by atoms with E-state index in [4.69, 9.17) is 16.3 Å². The number of ether oxygens (including phenoxy) is 1. The summed E-state index contributed by atoms with van der Waals surface area (Å²) in [7, 11) is 0. The third kappa shape index (κ3) is 3.07. The number of hydrogen-bond acceptors (Lipinski definition) is 2. The third-order valence-electron chi connectivity index (χ3n) is 3.56. The van der Waals surface area contributed by atoms with E-state index in [1.807, 2.05) is 12.1 Å². The first kappa shape index (κ1) is 14.8. The van der Waals surface area contributed by atoms with Crippen LogP contribution >= 0.6 is 27.5 Å². The van der Waals surface area contributed by atoms with Gasteiger partial charge in [-0.15, -0.1) is 0 Å². The molecule has 21 heavy (non-hydrogen) atoms. The highest BCUT2D eigenvalue weighted by Crippen LogP contribution is 2.35. The van der Waals surface area contributed by atoms with E-state index in [1.54, 1.807) is 6.07 Å². The van der Waals surface area contributed by atoms with Gasteiger partial charge in [-0.2, -0.15) is 0 Å². The molecular weight excluding hydrogens is 359 g/mol. The molecule has 1 unspecified atom stereocenters. The van der Waals surface area contributed by atoms with Gasteiger partial charge in [-0.3, -0.25) is 0 Å². The first-order valence-corrected chi connectivity index (χ1v) is 7.79. The Bertz CT molecular complexity index is 690. The Balaban J connectivity index is 1.90. The lowest BCUT2D eigenvalue weighted by Gasteiger charge is -2.15. The predicted octanol–water partition coefficient (Wildman–Crippen LogP) is 4.45. The van der Waals surface area contributed by atoms with Crippen LogP contribution in [0.4, 0.5) is 4.39 Å². The molecule has 1 aliphatic rings. The van der Waals surface area contributed by atoms with Gasteiger partial charge < -0.3 is 9.84 Å². The molecule has 0 aromatic heterocycles. The standard InChI is InChI=1S/C16H13BrClFO2/c17-11-5-9-3-4-21-16(9)10(6-11)7-15(20)13-2-1-12(18)8-14(13)19/h1-2,5-6,8,15,20H,3-4,7H2. The molecule has 2 aromatic rings. The van der Waals surface area contributed by atoms with Gasteiger partial charge >= 0.3 is 0 Å². The lowest BCUT2D eigenvalue weighted by Crippen LogP contribution is -2.05. The topological polar surface area (TPSA) is 29.5 Å². The van der Waals surface area contributed by atoms with Gasteiger partial charge in [-0.05, 0) is 35.4 Å². The van der Waals surface area contributed by atoms with Gasteiger partial charge in [0.15, 0.2) is 0 Å². The number of fused-ring (bicyclic) bond motifs is 1. The fourth-order valence-corrected chi connectivity index (χ4v) is 3.30. The van der Waals surface area contributed by atoms with Crippen molar-refractivity contribution in [3.63, 3.8) is 0 Å². The van der Waals surface area contributed by atoms with Gasteiger partial charge in [0.25, 0.3) is 0 Å². The summed E-state index contributed by atoms with van der Waals surface area (Å²) < 4.78 is 20.4. The highest BCUT2D eigenvalue weighted by Gasteiger charge is 2.21. The van der Waals surface area contributed by atoms with Crippen LogP contribution in [0.25, 0.3) is 0 Å². The Kier molecular flexibility index (Phi) is 4.20. The maximum atomic E-state index is 13.9. The minimum absolute atomic E-state index is 0.242. The molecule has 2 aromatic carbocycles. The fourth-order valence-electron chi connectivity index (χ4n) is 2.59. The lowest BCUT2D eigenvalue weighted by molar-refractivity contribution is 0.172. The van der Waals surface area contributed by atoms with Crippen LogP contribution in [0.3, 0.4) is 0 Å². The van der Waals surface area contributed by atoms with Crippen molar-refractivity contribution in [1.82, 2.24) is 0 Å². The maximum Gasteiger partial charge on any atom is 0.130 e. The van der Waals surface area contributed by atoms with Crippen molar-refractivity contribution in [3.8, 4) is 5.75 Å². The molecule has 2 nitrogen and oxygen atoms in total. The molecule has 1 atom stereocenters. The summed E-state index contributed by atoms with van der Waals surface area (Å²) in [4.78, 5) is 0. The van der Waals surface area contributed by atoms with Crippen LogP contribution in [-0.4, -0.2) is 11.7 Å². The molecule has 110 valence electrons. The molecule has 5 heteroatoms. The average Bonchev–Trinajstić information content (AvgIpc) is 2.86. The summed E-state index contributed by atoms with van der Waals surface area (Å²) in [5.74, 6) is 0.314. The molecule has 1 aliphatic heterocycles. The quantitative estimate of drug-likeness (QED) is 0.863. The zero-order valence-corrected chi connectivity index (χ0v) is 13.4. The third-order valence-corrected chi connectivity index (χ3v) is 4.25. The van der Waals surface area contributed by atoms with E-state index in [0.29, 0.717) is 18.1 Å². The van der Waals surface area contributed by atoms with Gasteiger partial charge in [-0.25, -0.2) is 4.39 Å². The lowest BCUT2D eigenvalue weighted by atomic mass is 9.98. The smallest absolute Gasteiger partial charge is 0.130 e. The minimum atomic E-state index is -0.940. The summed E-state index contributed by atoms with van der Waals surface area (Å²) >= 11 is 9.19. The number of halogens is 3. The van der Waals surface area contributed by atoms with E-state index >= 15 is 0 Å². The Hall–Kier alpha value is -1.10. The normalized spacial score (nSPS) is 14.7. The van der Waals surface area contributed by atoms with E-state index in [1.165, 1.54) is 12.1 Å². The van der Waals surface area contributed by atoms with E-state index in [-0.39, 0.29) is 5.56 Å². The maximum absolute atomic E-state index is 13.9. The van der Waals surface area contributed by atoms with E-state index < -0.39 is 11.9 Å². The number of aliphatic hydroxyl groups excluding tert-OH is 1. The molecule has 0 radical (unpaired) electrons. The van der Waals surface area contributed by atoms with Crippen LogP contribution in [-0.2, 0) is 12.8 Å². The summed E-state index contributed by atoms with van der Waals surface area (Å²) in [6.07, 6.45) is 0.206. The van der Waals surface area contributed by atoms with Crippen molar-refractivity contribution < 1.29 is 14.2 Å². The molecule has 0 saturated carbocycles. The molecule has 0 aliphatic carbocycles. The molecular formula is C16H13BrClFO2. The van der Waals surface area contributed by atoms with Gasteiger partial charge in [0.05, 0.1) is 12.7 Å². The molecule has 0 saturated heterocycles. The van der Waals surface area contributed by atoms with Crippen LogP contribution in [0.2, 0.25) is 5.02 Å².